The summed E-state index contributed by atoms with van der Waals surface area (Å²) in [7, 11) is 6.49. The molecule has 0 saturated heterocycles. The minimum atomic E-state index is -0.429. The molecular weight excluding hydrogens is 242 g/mol. The van der Waals surface area contributed by atoms with Crippen LogP contribution in [-0.4, -0.2) is 36.6 Å². The van der Waals surface area contributed by atoms with Gasteiger partial charge < -0.3 is 15.2 Å². The zero-order chi connectivity index (χ0) is 12.8. The Bertz CT molecular complexity index is 190. The van der Waals surface area contributed by atoms with Crippen molar-refractivity contribution in [3.63, 3.8) is 0 Å². The second kappa shape index (κ2) is 7.92. The third kappa shape index (κ3) is 5.35. The molecule has 0 aliphatic heterocycles. The normalized spacial score (nSPS) is 21.9. The molecule has 0 rings (SSSR count). The van der Waals surface area contributed by atoms with E-state index in [1.54, 1.807) is 7.11 Å². The molecule has 0 spiro atoms. The summed E-state index contributed by atoms with van der Waals surface area (Å²) in [6.45, 7) is 6.24. The number of aliphatic hydroxyl groups is 1. The van der Waals surface area contributed by atoms with Crippen LogP contribution in [0, 0.1) is 5.92 Å². The fraction of sp³-hybridized carbons (Fsp3) is 1.00. The molecular formula is C10H26N2O2P2. The largest absolute Gasteiger partial charge is 0.389 e. The Hall–Kier alpha value is 0.700. The van der Waals surface area contributed by atoms with Gasteiger partial charge in [0.25, 0.3) is 0 Å². The summed E-state index contributed by atoms with van der Waals surface area (Å²) in [6, 6.07) is 0. The zero-order valence-corrected chi connectivity index (χ0v) is 13.0. The fourth-order valence-electron chi connectivity index (χ4n) is 1.14. The van der Waals surface area contributed by atoms with Crippen LogP contribution < -0.4 is 10.4 Å². The Balaban J connectivity index is 4.24. The molecule has 4 nitrogen and oxygen atoms in total. The summed E-state index contributed by atoms with van der Waals surface area (Å²) in [6.07, 6.45) is 0.991. The molecule has 0 amide bonds. The Morgan fingerprint density at radius 1 is 1.56 bits per heavy atom. The van der Waals surface area contributed by atoms with Crippen molar-refractivity contribution in [2.75, 3.05) is 14.2 Å². The Morgan fingerprint density at radius 2 is 2.12 bits per heavy atom. The van der Waals surface area contributed by atoms with Gasteiger partial charge in [-0.3, -0.25) is 5.09 Å². The predicted octanol–water partition coefficient (Wildman–Crippen LogP) is 1.32. The lowest BCUT2D eigenvalue weighted by atomic mass is 10.2. The smallest absolute Gasteiger partial charge is 0.0921 e. The quantitative estimate of drug-likeness (QED) is 0.459. The van der Waals surface area contributed by atoms with Gasteiger partial charge in [-0.15, -0.1) is 9.24 Å². The predicted molar refractivity (Wildman–Crippen MR) is 74.9 cm³/mol. The summed E-state index contributed by atoms with van der Waals surface area (Å²) in [4.78, 5) is 0. The molecule has 0 bridgehead atoms. The average molecular weight is 268 g/mol. The number of hydrogen-bond acceptors (Lipinski definition) is 4. The highest BCUT2D eigenvalue weighted by Gasteiger charge is 2.25. The molecule has 0 aromatic heterocycles. The standard InChI is InChI=1S/C10H26N2O2P2/c1-6-10(3,11-4)12-16-9(14-5)7(2)8(13)15/h7-9,11-13,16H,6,15H2,1-5H3. The number of ether oxygens (including phenoxy) is 1. The molecule has 16 heavy (non-hydrogen) atoms. The minimum Gasteiger partial charge on any atom is -0.389 e. The second-order valence-electron chi connectivity index (χ2n) is 4.21. The summed E-state index contributed by atoms with van der Waals surface area (Å²) < 4.78 is 5.41. The molecule has 6 heteroatoms. The van der Waals surface area contributed by atoms with E-state index in [2.05, 4.69) is 33.5 Å². The van der Waals surface area contributed by atoms with Crippen LogP contribution in [0.25, 0.3) is 0 Å². The van der Waals surface area contributed by atoms with Crippen LogP contribution in [0.2, 0.25) is 0 Å². The molecule has 98 valence electrons. The fourth-order valence-corrected chi connectivity index (χ4v) is 2.91. The van der Waals surface area contributed by atoms with E-state index in [1.165, 1.54) is 0 Å². The summed E-state index contributed by atoms with van der Waals surface area (Å²) in [5.41, 5.74) is -0.0687. The molecule has 0 radical (unpaired) electrons. The number of methoxy groups -OCH3 is 1. The molecule has 0 saturated carbocycles. The molecule has 0 heterocycles. The number of hydrogen-bond donors (Lipinski definition) is 3. The summed E-state index contributed by atoms with van der Waals surface area (Å²) in [5, 5.41) is 16.2. The van der Waals surface area contributed by atoms with E-state index in [0.29, 0.717) is 8.73 Å². The van der Waals surface area contributed by atoms with Gasteiger partial charge in [-0.25, -0.2) is 0 Å². The SMILES string of the molecule is CCC(C)(NC)NPC(OC)C(C)C(O)P. The van der Waals surface area contributed by atoms with Gasteiger partial charge >= 0.3 is 0 Å². The molecule has 0 aliphatic carbocycles. The lowest BCUT2D eigenvalue weighted by Crippen LogP contribution is -2.49. The molecule has 0 aliphatic rings. The second-order valence-corrected chi connectivity index (χ2v) is 6.00. The van der Waals surface area contributed by atoms with Gasteiger partial charge in [0.15, 0.2) is 0 Å². The van der Waals surface area contributed by atoms with Crippen LogP contribution in [-0.2, 0) is 4.74 Å². The van der Waals surface area contributed by atoms with Crippen LogP contribution in [0.4, 0.5) is 0 Å². The third-order valence-electron chi connectivity index (χ3n) is 3.02. The van der Waals surface area contributed by atoms with Crippen LogP contribution >= 0.6 is 18.0 Å². The maximum Gasteiger partial charge on any atom is 0.0921 e. The van der Waals surface area contributed by atoms with E-state index < -0.39 is 5.85 Å². The van der Waals surface area contributed by atoms with Crippen LogP contribution in [0.1, 0.15) is 27.2 Å². The molecule has 0 fully saturated rings. The van der Waals surface area contributed by atoms with E-state index >= 15 is 0 Å². The van der Waals surface area contributed by atoms with Crippen LogP contribution in [0.5, 0.6) is 0 Å². The van der Waals surface area contributed by atoms with E-state index in [1.807, 2.05) is 14.0 Å². The summed E-state index contributed by atoms with van der Waals surface area (Å²) in [5.74, 6) is -0.299. The molecule has 6 atom stereocenters. The van der Waals surface area contributed by atoms with Gasteiger partial charge in [0, 0.05) is 13.0 Å². The highest BCUT2D eigenvalue weighted by Crippen LogP contribution is 2.29. The van der Waals surface area contributed by atoms with Crippen molar-refractivity contribution in [3.05, 3.63) is 0 Å². The van der Waals surface area contributed by atoms with E-state index in [9.17, 15) is 5.11 Å². The highest BCUT2D eigenvalue weighted by atomic mass is 31.1. The lowest BCUT2D eigenvalue weighted by molar-refractivity contribution is 0.0768. The summed E-state index contributed by atoms with van der Waals surface area (Å²) >= 11 is 0. The Morgan fingerprint density at radius 3 is 2.44 bits per heavy atom. The first-order valence-corrected chi connectivity index (χ1v) is 7.32. The van der Waals surface area contributed by atoms with Crippen molar-refractivity contribution in [1.29, 1.82) is 0 Å². The van der Waals surface area contributed by atoms with Crippen molar-refractivity contribution in [2.45, 2.75) is 44.5 Å². The van der Waals surface area contributed by atoms with Gasteiger partial charge in [-0.1, -0.05) is 13.8 Å². The number of rotatable bonds is 8. The van der Waals surface area contributed by atoms with Crippen molar-refractivity contribution >= 4 is 18.0 Å². The maximum absolute atomic E-state index is 9.51. The monoisotopic (exact) mass is 268 g/mol. The van der Waals surface area contributed by atoms with E-state index in [4.69, 9.17) is 4.74 Å². The van der Waals surface area contributed by atoms with Gasteiger partial charge in [0.1, 0.15) is 0 Å². The first kappa shape index (κ1) is 16.7. The van der Waals surface area contributed by atoms with Gasteiger partial charge in [0.2, 0.25) is 0 Å². The van der Waals surface area contributed by atoms with Crippen LogP contribution in [0.15, 0.2) is 0 Å². The third-order valence-corrected chi connectivity index (χ3v) is 5.37. The van der Waals surface area contributed by atoms with Gasteiger partial charge in [0.05, 0.1) is 17.4 Å². The van der Waals surface area contributed by atoms with Gasteiger partial charge in [-0.05, 0) is 29.1 Å². The number of nitrogens with one attached hydrogen (secondary N) is 2. The topological polar surface area (TPSA) is 53.5 Å². The molecule has 0 aromatic carbocycles. The highest BCUT2D eigenvalue weighted by molar-refractivity contribution is 7.36. The zero-order valence-electron chi connectivity index (χ0n) is 10.9. The Labute approximate surface area is 103 Å². The van der Waals surface area contributed by atoms with Gasteiger partial charge in [-0.2, -0.15) is 0 Å². The van der Waals surface area contributed by atoms with Crippen molar-refractivity contribution < 1.29 is 9.84 Å². The van der Waals surface area contributed by atoms with Crippen molar-refractivity contribution in [1.82, 2.24) is 10.4 Å². The van der Waals surface area contributed by atoms with Crippen molar-refractivity contribution in [2.24, 2.45) is 5.92 Å². The first-order chi connectivity index (χ1) is 7.40. The molecule has 3 N–H and O–H groups in total. The molecule has 0 aromatic rings. The lowest BCUT2D eigenvalue weighted by Gasteiger charge is -2.33. The number of aliphatic hydroxyl groups excluding tert-OH is 1. The average Bonchev–Trinajstić information content (AvgIpc) is 2.29. The van der Waals surface area contributed by atoms with Crippen LogP contribution in [0.3, 0.4) is 0 Å². The van der Waals surface area contributed by atoms with E-state index in [0.717, 1.165) is 6.42 Å². The van der Waals surface area contributed by atoms with E-state index in [-0.39, 0.29) is 17.4 Å². The minimum absolute atomic E-state index is 0.0340. The van der Waals surface area contributed by atoms with Crippen molar-refractivity contribution in [3.8, 4) is 0 Å². The Kier molecular flexibility index (Phi) is 8.26. The first-order valence-electron chi connectivity index (χ1n) is 5.58. The molecule has 6 unspecified atom stereocenters. The maximum atomic E-state index is 9.51.